The molecule has 0 atom stereocenters. The van der Waals surface area contributed by atoms with Gasteiger partial charge in [-0.25, -0.2) is 0 Å². The second-order valence-electron chi connectivity index (χ2n) is 4.85. The van der Waals surface area contributed by atoms with Crippen LogP contribution in [0.3, 0.4) is 0 Å². The lowest BCUT2D eigenvalue weighted by molar-refractivity contribution is -0.115. The van der Waals surface area contributed by atoms with Gasteiger partial charge in [-0.1, -0.05) is 41.4 Å². The SMILES string of the molecule is NC(=O)c1ccccc1NC(=S)NC(=O)/C=C/c1ccc(Cl)cc1Cl. The number of primary amides is 1. The molecule has 0 saturated heterocycles. The van der Waals surface area contributed by atoms with E-state index in [4.69, 9.17) is 41.2 Å². The van der Waals surface area contributed by atoms with Crippen LogP contribution in [0, 0.1) is 0 Å². The Morgan fingerprint density at radius 2 is 1.84 bits per heavy atom. The topological polar surface area (TPSA) is 84.2 Å². The van der Waals surface area contributed by atoms with Gasteiger partial charge in [0.05, 0.1) is 11.3 Å². The van der Waals surface area contributed by atoms with Crippen molar-refractivity contribution in [1.82, 2.24) is 5.32 Å². The molecular weight excluding hydrogens is 381 g/mol. The number of hydrogen-bond donors (Lipinski definition) is 3. The van der Waals surface area contributed by atoms with Crippen molar-refractivity contribution in [3.63, 3.8) is 0 Å². The fraction of sp³-hybridized carbons (Fsp3) is 0. The summed E-state index contributed by atoms with van der Waals surface area (Å²) in [4.78, 5) is 23.3. The average molecular weight is 394 g/mol. The van der Waals surface area contributed by atoms with E-state index in [1.54, 1.807) is 42.5 Å². The molecule has 0 fully saturated rings. The van der Waals surface area contributed by atoms with Crippen LogP contribution in [0.4, 0.5) is 5.69 Å². The molecule has 0 spiro atoms. The molecule has 2 aromatic rings. The Morgan fingerprint density at radius 3 is 2.52 bits per heavy atom. The van der Waals surface area contributed by atoms with E-state index in [0.29, 0.717) is 21.3 Å². The molecule has 0 aliphatic carbocycles. The molecule has 0 heterocycles. The van der Waals surface area contributed by atoms with Crippen LogP contribution in [0.5, 0.6) is 0 Å². The standard InChI is InChI=1S/C17H13Cl2N3O2S/c18-11-7-5-10(13(19)9-11)6-8-15(23)22-17(25)21-14-4-2-1-3-12(14)16(20)24/h1-9H,(H2,20,24)(H2,21,22,23,25)/b8-6+. The largest absolute Gasteiger partial charge is 0.366 e. The molecule has 0 saturated carbocycles. The maximum absolute atomic E-state index is 11.9. The Balaban J connectivity index is 2.00. The van der Waals surface area contributed by atoms with Gasteiger partial charge in [0, 0.05) is 16.1 Å². The molecule has 5 nitrogen and oxygen atoms in total. The van der Waals surface area contributed by atoms with Gasteiger partial charge in [0.2, 0.25) is 5.91 Å². The Morgan fingerprint density at radius 1 is 1.12 bits per heavy atom. The lowest BCUT2D eigenvalue weighted by atomic mass is 10.1. The summed E-state index contributed by atoms with van der Waals surface area (Å²) < 4.78 is 0. The van der Waals surface area contributed by atoms with Gasteiger partial charge in [-0.2, -0.15) is 0 Å². The summed E-state index contributed by atoms with van der Waals surface area (Å²) in [5, 5.41) is 6.19. The monoisotopic (exact) mass is 393 g/mol. The van der Waals surface area contributed by atoms with Gasteiger partial charge in [-0.05, 0) is 48.1 Å². The summed E-state index contributed by atoms with van der Waals surface area (Å²) in [7, 11) is 0. The van der Waals surface area contributed by atoms with Crippen molar-refractivity contribution < 1.29 is 9.59 Å². The lowest BCUT2D eigenvalue weighted by Crippen LogP contribution is -2.33. The Labute approximate surface area is 159 Å². The van der Waals surface area contributed by atoms with Crippen molar-refractivity contribution in [2.75, 3.05) is 5.32 Å². The maximum atomic E-state index is 11.9. The molecule has 8 heteroatoms. The molecular formula is C17H13Cl2N3O2S. The first-order valence-electron chi connectivity index (χ1n) is 7.01. The van der Waals surface area contributed by atoms with Gasteiger partial charge < -0.3 is 11.1 Å². The highest BCUT2D eigenvalue weighted by molar-refractivity contribution is 7.80. The van der Waals surface area contributed by atoms with Crippen LogP contribution in [0.25, 0.3) is 6.08 Å². The molecule has 0 unspecified atom stereocenters. The van der Waals surface area contributed by atoms with Crippen LogP contribution in [0.15, 0.2) is 48.5 Å². The van der Waals surface area contributed by atoms with E-state index >= 15 is 0 Å². The number of thiocarbonyl (C=S) groups is 1. The van der Waals surface area contributed by atoms with E-state index in [-0.39, 0.29) is 10.7 Å². The molecule has 0 bridgehead atoms. The zero-order valence-electron chi connectivity index (χ0n) is 12.8. The van der Waals surface area contributed by atoms with Crippen molar-refractivity contribution in [2.45, 2.75) is 0 Å². The molecule has 0 aromatic heterocycles. The van der Waals surface area contributed by atoms with Crippen molar-refractivity contribution in [1.29, 1.82) is 0 Å². The van der Waals surface area contributed by atoms with Crippen LogP contribution in [-0.2, 0) is 4.79 Å². The number of amides is 2. The minimum absolute atomic E-state index is 0.0329. The summed E-state index contributed by atoms with van der Waals surface area (Å²) in [6.45, 7) is 0. The van der Waals surface area contributed by atoms with Crippen molar-refractivity contribution in [2.24, 2.45) is 5.73 Å². The van der Waals surface area contributed by atoms with Gasteiger partial charge in [-0.3, -0.25) is 14.9 Å². The van der Waals surface area contributed by atoms with E-state index in [9.17, 15) is 9.59 Å². The van der Waals surface area contributed by atoms with Crippen LogP contribution in [0.1, 0.15) is 15.9 Å². The first-order chi connectivity index (χ1) is 11.9. The Hall–Kier alpha value is -2.41. The number of anilines is 1. The fourth-order valence-electron chi connectivity index (χ4n) is 1.92. The van der Waals surface area contributed by atoms with E-state index in [1.165, 1.54) is 12.2 Å². The third-order valence-corrected chi connectivity index (χ3v) is 3.82. The van der Waals surface area contributed by atoms with E-state index in [1.807, 2.05) is 0 Å². The first kappa shape index (κ1) is 18.9. The number of carbonyl (C=O) groups is 2. The number of nitrogens with two attached hydrogens (primary N) is 1. The number of hydrogen-bond acceptors (Lipinski definition) is 3. The number of para-hydroxylation sites is 1. The van der Waals surface area contributed by atoms with Crippen molar-refractivity contribution in [3.05, 3.63) is 69.7 Å². The molecule has 128 valence electrons. The van der Waals surface area contributed by atoms with E-state index < -0.39 is 11.8 Å². The maximum Gasteiger partial charge on any atom is 0.250 e. The van der Waals surface area contributed by atoms with Crippen LogP contribution in [-0.4, -0.2) is 16.9 Å². The highest BCUT2D eigenvalue weighted by Crippen LogP contribution is 2.21. The van der Waals surface area contributed by atoms with Crippen LogP contribution in [0.2, 0.25) is 10.0 Å². The van der Waals surface area contributed by atoms with Crippen LogP contribution >= 0.6 is 35.4 Å². The number of rotatable bonds is 4. The van der Waals surface area contributed by atoms with E-state index in [0.717, 1.165) is 0 Å². The summed E-state index contributed by atoms with van der Waals surface area (Å²) >= 11 is 16.9. The predicted molar refractivity (Wildman–Crippen MR) is 105 cm³/mol. The first-order valence-corrected chi connectivity index (χ1v) is 8.17. The smallest absolute Gasteiger partial charge is 0.250 e. The highest BCUT2D eigenvalue weighted by Gasteiger charge is 2.09. The number of halogens is 2. The van der Waals surface area contributed by atoms with Gasteiger partial charge in [0.15, 0.2) is 5.11 Å². The zero-order chi connectivity index (χ0) is 18.4. The minimum Gasteiger partial charge on any atom is -0.366 e. The molecule has 0 aliphatic rings. The highest BCUT2D eigenvalue weighted by atomic mass is 35.5. The quantitative estimate of drug-likeness (QED) is 0.546. The third kappa shape index (κ3) is 5.56. The lowest BCUT2D eigenvalue weighted by Gasteiger charge is -2.10. The summed E-state index contributed by atoms with van der Waals surface area (Å²) in [5.41, 5.74) is 6.60. The number of nitrogens with one attached hydrogen (secondary N) is 2. The van der Waals surface area contributed by atoms with Crippen molar-refractivity contribution >= 4 is 64.1 Å². The zero-order valence-corrected chi connectivity index (χ0v) is 15.1. The molecule has 2 rings (SSSR count). The summed E-state index contributed by atoms with van der Waals surface area (Å²) in [6, 6.07) is 11.5. The van der Waals surface area contributed by atoms with Gasteiger partial charge in [0.25, 0.3) is 5.91 Å². The molecule has 0 aliphatic heterocycles. The van der Waals surface area contributed by atoms with Crippen LogP contribution < -0.4 is 16.4 Å². The third-order valence-electron chi connectivity index (χ3n) is 3.05. The average Bonchev–Trinajstić information content (AvgIpc) is 2.54. The molecule has 0 radical (unpaired) electrons. The fourth-order valence-corrected chi connectivity index (χ4v) is 2.60. The normalized spacial score (nSPS) is 10.5. The molecule has 2 amide bonds. The van der Waals surface area contributed by atoms with Crippen molar-refractivity contribution in [3.8, 4) is 0 Å². The van der Waals surface area contributed by atoms with Gasteiger partial charge in [0.1, 0.15) is 0 Å². The second kappa shape index (κ2) is 8.62. The number of benzene rings is 2. The molecule has 4 N–H and O–H groups in total. The van der Waals surface area contributed by atoms with Gasteiger partial charge >= 0.3 is 0 Å². The van der Waals surface area contributed by atoms with Gasteiger partial charge in [-0.15, -0.1) is 0 Å². The summed E-state index contributed by atoms with van der Waals surface area (Å²) in [6.07, 6.45) is 2.82. The second-order valence-corrected chi connectivity index (χ2v) is 6.10. The number of carbonyl (C=O) groups excluding carboxylic acids is 2. The summed E-state index contributed by atoms with van der Waals surface area (Å²) in [5.74, 6) is -1.06. The predicted octanol–water partition coefficient (Wildman–Crippen LogP) is 3.62. The van der Waals surface area contributed by atoms with E-state index in [2.05, 4.69) is 10.6 Å². The molecule has 25 heavy (non-hydrogen) atoms. The Bertz CT molecular complexity index is 869. The minimum atomic E-state index is -0.602. The Kier molecular flexibility index (Phi) is 6.52. The molecule has 2 aromatic carbocycles.